The van der Waals surface area contributed by atoms with Crippen LogP contribution in [0.25, 0.3) is 0 Å². The topological polar surface area (TPSA) is 84.9 Å². The lowest BCUT2D eigenvalue weighted by Gasteiger charge is -2.29. The lowest BCUT2D eigenvalue weighted by atomic mass is 10.1. The minimum Gasteiger partial charge on any atom is -0.486 e. The van der Waals surface area contributed by atoms with Crippen molar-refractivity contribution in [2.75, 3.05) is 23.8 Å². The van der Waals surface area contributed by atoms with Gasteiger partial charge in [0.25, 0.3) is 0 Å². The van der Waals surface area contributed by atoms with Crippen LogP contribution in [0.1, 0.15) is 31.0 Å². The molecule has 2 aromatic rings. The number of fused-ring (bicyclic) bond motifs is 1. The summed E-state index contributed by atoms with van der Waals surface area (Å²) >= 11 is 0. The smallest absolute Gasteiger partial charge is 0.244 e. The van der Waals surface area contributed by atoms with Gasteiger partial charge in [-0.05, 0) is 50.6 Å². The Morgan fingerprint density at radius 3 is 2.28 bits per heavy atom. The third-order valence-electron chi connectivity index (χ3n) is 4.80. The summed E-state index contributed by atoms with van der Waals surface area (Å²) in [4.78, 5) is 12.9. The highest BCUT2D eigenvalue weighted by atomic mass is 32.2. The van der Waals surface area contributed by atoms with Crippen molar-refractivity contribution < 1.29 is 22.7 Å². The number of sulfonamides is 1. The number of ether oxygens (including phenoxy) is 2. The van der Waals surface area contributed by atoms with Crippen LogP contribution in [-0.2, 0) is 14.8 Å². The Morgan fingerprint density at radius 1 is 1.03 bits per heavy atom. The van der Waals surface area contributed by atoms with Crippen LogP contribution in [0, 0.1) is 6.92 Å². The highest BCUT2D eigenvalue weighted by Crippen LogP contribution is 2.32. The highest BCUT2D eigenvalue weighted by Gasteiger charge is 2.30. The van der Waals surface area contributed by atoms with E-state index in [1.54, 1.807) is 19.1 Å². The molecule has 156 valence electrons. The number of aryl methyl sites for hydroxylation is 1. The second-order valence-electron chi connectivity index (χ2n) is 7.20. The molecule has 29 heavy (non-hydrogen) atoms. The second kappa shape index (κ2) is 8.32. The molecule has 0 saturated heterocycles. The third kappa shape index (κ3) is 4.82. The van der Waals surface area contributed by atoms with E-state index in [4.69, 9.17) is 9.47 Å². The lowest BCUT2D eigenvalue weighted by Crippen LogP contribution is -2.48. The summed E-state index contributed by atoms with van der Waals surface area (Å²) in [5, 5.41) is 2.90. The van der Waals surface area contributed by atoms with Gasteiger partial charge in [-0.15, -0.1) is 0 Å². The Balaban J connectivity index is 1.78. The number of carbonyl (C=O) groups is 1. The average Bonchev–Trinajstić information content (AvgIpc) is 2.68. The van der Waals surface area contributed by atoms with Crippen molar-refractivity contribution in [3.63, 3.8) is 0 Å². The molecular formula is C21H26N2O5S. The number of amides is 1. The molecule has 0 unspecified atom stereocenters. The summed E-state index contributed by atoms with van der Waals surface area (Å²) in [6, 6.07) is 11.3. The van der Waals surface area contributed by atoms with Crippen molar-refractivity contribution >= 4 is 21.6 Å². The van der Waals surface area contributed by atoms with Gasteiger partial charge in [0.2, 0.25) is 15.9 Å². The van der Waals surface area contributed by atoms with Gasteiger partial charge in [-0.1, -0.05) is 23.8 Å². The van der Waals surface area contributed by atoms with E-state index in [1.165, 1.54) is 0 Å². The van der Waals surface area contributed by atoms with E-state index in [2.05, 4.69) is 5.32 Å². The quantitative estimate of drug-likeness (QED) is 0.780. The second-order valence-corrected chi connectivity index (χ2v) is 9.06. The zero-order valence-electron chi connectivity index (χ0n) is 17.0. The molecule has 0 saturated carbocycles. The normalized spacial score (nSPS) is 15.3. The fourth-order valence-electron chi connectivity index (χ4n) is 3.25. The molecule has 0 fully saturated rings. The molecule has 2 aromatic carbocycles. The van der Waals surface area contributed by atoms with E-state index in [0.29, 0.717) is 30.4 Å². The molecule has 1 heterocycles. The van der Waals surface area contributed by atoms with E-state index >= 15 is 0 Å². The minimum absolute atomic E-state index is 0.333. The molecule has 3 rings (SSSR count). The van der Waals surface area contributed by atoms with Crippen LogP contribution >= 0.6 is 0 Å². The van der Waals surface area contributed by atoms with Crippen molar-refractivity contribution in [3.05, 3.63) is 53.6 Å². The van der Waals surface area contributed by atoms with E-state index in [1.807, 2.05) is 44.2 Å². The molecule has 0 spiro atoms. The van der Waals surface area contributed by atoms with Crippen LogP contribution in [0.15, 0.2) is 42.5 Å². The summed E-state index contributed by atoms with van der Waals surface area (Å²) < 4.78 is 37.0. The molecule has 7 nitrogen and oxygen atoms in total. The van der Waals surface area contributed by atoms with Crippen LogP contribution in [0.3, 0.4) is 0 Å². The standard InChI is InChI=1S/C21H26N2O5S/c1-14-5-8-18(9-6-14)23(29(4,25)26)16(3)21(24)22-15(2)17-7-10-19-20(13-17)28-12-11-27-19/h5-10,13,15-16H,11-12H2,1-4H3,(H,22,24)/t15-,16-/m1/s1. The number of hydrogen-bond donors (Lipinski definition) is 1. The Labute approximate surface area is 171 Å². The van der Waals surface area contributed by atoms with Gasteiger partial charge in [-0.25, -0.2) is 8.42 Å². The number of rotatable bonds is 6. The molecule has 0 radical (unpaired) electrons. The van der Waals surface area contributed by atoms with Crippen molar-refractivity contribution in [1.29, 1.82) is 0 Å². The van der Waals surface area contributed by atoms with Gasteiger partial charge in [0.1, 0.15) is 19.3 Å². The average molecular weight is 419 g/mol. The first-order valence-electron chi connectivity index (χ1n) is 9.43. The van der Waals surface area contributed by atoms with Crippen LogP contribution in [0.2, 0.25) is 0 Å². The predicted molar refractivity (Wildman–Crippen MR) is 112 cm³/mol. The summed E-state index contributed by atoms with van der Waals surface area (Å²) in [6.07, 6.45) is 1.10. The summed E-state index contributed by atoms with van der Waals surface area (Å²) in [7, 11) is -3.65. The largest absolute Gasteiger partial charge is 0.486 e. The lowest BCUT2D eigenvalue weighted by molar-refractivity contribution is -0.122. The molecule has 1 N–H and O–H groups in total. The van der Waals surface area contributed by atoms with Crippen LogP contribution < -0.4 is 19.1 Å². The van der Waals surface area contributed by atoms with Gasteiger partial charge < -0.3 is 14.8 Å². The molecule has 0 aromatic heterocycles. The van der Waals surface area contributed by atoms with E-state index < -0.39 is 22.0 Å². The Morgan fingerprint density at radius 2 is 1.66 bits per heavy atom. The molecule has 1 amide bonds. The van der Waals surface area contributed by atoms with Crippen molar-refractivity contribution in [2.24, 2.45) is 0 Å². The molecule has 0 bridgehead atoms. The maximum atomic E-state index is 12.9. The number of benzene rings is 2. The maximum Gasteiger partial charge on any atom is 0.244 e. The van der Waals surface area contributed by atoms with Crippen molar-refractivity contribution in [2.45, 2.75) is 32.9 Å². The number of nitrogens with one attached hydrogen (secondary N) is 1. The Bertz CT molecular complexity index is 989. The SMILES string of the molecule is Cc1ccc(N([C@H](C)C(=O)N[C@H](C)c2ccc3c(c2)OCCO3)S(C)(=O)=O)cc1. The number of nitrogens with zero attached hydrogens (tertiary/aromatic N) is 1. The summed E-state index contributed by atoms with van der Waals surface area (Å²) in [6.45, 7) is 6.32. The Kier molecular flexibility index (Phi) is 6.02. The van der Waals surface area contributed by atoms with Gasteiger partial charge in [0, 0.05) is 0 Å². The zero-order valence-corrected chi connectivity index (χ0v) is 17.8. The molecule has 8 heteroatoms. The maximum absolute atomic E-state index is 12.9. The first kappa shape index (κ1) is 21.0. The van der Waals surface area contributed by atoms with Crippen LogP contribution in [0.5, 0.6) is 11.5 Å². The van der Waals surface area contributed by atoms with Gasteiger partial charge in [0.05, 0.1) is 18.0 Å². The van der Waals surface area contributed by atoms with E-state index in [0.717, 1.165) is 21.7 Å². The van der Waals surface area contributed by atoms with E-state index in [-0.39, 0.29) is 6.04 Å². The highest BCUT2D eigenvalue weighted by molar-refractivity contribution is 7.92. The monoisotopic (exact) mass is 418 g/mol. The molecule has 2 atom stereocenters. The molecular weight excluding hydrogens is 392 g/mol. The van der Waals surface area contributed by atoms with Gasteiger partial charge in [-0.3, -0.25) is 9.10 Å². The molecule has 1 aliphatic heterocycles. The number of anilines is 1. The molecule has 0 aliphatic carbocycles. The number of carbonyl (C=O) groups excluding carboxylic acids is 1. The van der Waals surface area contributed by atoms with Gasteiger partial charge in [-0.2, -0.15) is 0 Å². The van der Waals surface area contributed by atoms with Gasteiger partial charge in [0.15, 0.2) is 11.5 Å². The molecule has 1 aliphatic rings. The predicted octanol–water partition coefficient (Wildman–Crippen LogP) is 2.80. The number of hydrogen-bond acceptors (Lipinski definition) is 5. The zero-order chi connectivity index (χ0) is 21.2. The van der Waals surface area contributed by atoms with Crippen molar-refractivity contribution in [3.8, 4) is 11.5 Å². The first-order valence-corrected chi connectivity index (χ1v) is 11.3. The fraction of sp³-hybridized carbons (Fsp3) is 0.381. The van der Waals surface area contributed by atoms with Crippen LogP contribution in [-0.4, -0.2) is 39.8 Å². The van der Waals surface area contributed by atoms with Crippen LogP contribution in [0.4, 0.5) is 5.69 Å². The van der Waals surface area contributed by atoms with Crippen molar-refractivity contribution in [1.82, 2.24) is 5.32 Å². The summed E-state index contributed by atoms with van der Waals surface area (Å²) in [5.74, 6) is 0.924. The van der Waals surface area contributed by atoms with Gasteiger partial charge >= 0.3 is 0 Å². The van der Waals surface area contributed by atoms with E-state index in [9.17, 15) is 13.2 Å². The Hall–Kier alpha value is -2.74. The first-order chi connectivity index (χ1) is 13.7. The minimum atomic E-state index is -3.65. The summed E-state index contributed by atoms with van der Waals surface area (Å²) in [5.41, 5.74) is 2.30. The fourth-order valence-corrected chi connectivity index (χ4v) is 4.42. The third-order valence-corrected chi connectivity index (χ3v) is 6.04.